The molecule has 11 heteroatoms. The monoisotopic (exact) mass is 477 g/mol. The zero-order valence-corrected chi connectivity index (χ0v) is 19.0. The number of halogens is 2. The lowest BCUT2D eigenvalue weighted by Crippen LogP contribution is -2.46. The first-order chi connectivity index (χ1) is 15.7. The molecule has 0 aliphatic carbocycles. The molecule has 3 rings (SSSR count). The van der Waals surface area contributed by atoms with E-state index in [1.807, 2.05) is 6.07 Å². The summed E-state index contributed by atoms with van der Waals surface area (Å²) in [5, 5.41) is 24.4. The maximum Gasteiger partial charge on any atom is 0.272 e. The highest BCUT2D eigenvalue weighted by atomic mass is 32.2. The smallest absolute Gasteiger partial charge is 0.272 e. The first-order valence-corrected chi connectivity index (χ1v) is 11.0. The first kappa shape index (κ1) is 24.6. The predicted octanol–water partition coefficient (Wildman–Crippen LogP) is 2.97. The van der Waals surface area contributed by atoms with Gasteiger partial charge in [-0.05, 0) is 43.5 Å². The van der Waals surface area contributed by atoms with Crippen LogP contribution in [0.1, 0.15) is 30.9 Å². The van der Waals surface area contributed by atoms with Gasteiger partial charge in [0.1, 0.15) is 27.7 Å². The minimum Gasteiger partial charge on any atom is -0.383 e. The summed E-state index contributed by atoms with van der Waals surface area (Å²) in [5.74, 6) is -2.29. The molecule has 33 heavy (non-hydrogen) atoms. The van der Waals surface area contributed by atoms with Crippen molar-refractivity contribution in [3.63, 3.8) is 0 Å². The van der Waals surface area contributed by atoms with Gasteiger partial charge in [0.2, 0.25) is 5.96 Å². The van der Waals surface area contributed by atoms with Crippen molar-refractivity contribution in [1.29, 1.82) is 5.41 Å². The fourth-order valence-electron chi connectivity index (χ4n) is 3.52. The maximum atomic E-state index is 14.6. The van der Waals surface area contributed by atoms with Gasteiger partial charge in [0.15, 0.2) is 0 Å². The van der Waals surface area contributed by atoms with Crippen molar-refractivity contribution in [2.45, 2.75) is 30.7 Å². The number of amides is 1. The van der Waals surface area contributed by atoms with Gasteiger partial charge < -0.3 is 10.8 Å². The van der Waals surface area contributed by atoms with Gasteiger partial charge in [-0.25, -0.2) is 18.9 Å². The summed E-state index contributed by atoms with van der Waals surface area (Å²) >= 11 is 1.10. The number of hydrazone groups is 1. The Labute approximate surface area is 194 Å². The maximum absolute atomic E-state index is 14.6. The number of hydrogen-bond donors (Lipinski definition) is 3. The van der Waals surface area contributed by atoms with Crippen LogP contribution >= 0.6 is 11.8 Å². The number of nitrogens with two attached hydrogens (primary N) is 1. The lowest BCUT2D eigenvalue weighted by atomic mass is 9.99. The fourth-order valence-corrected chi connectivity index (χ4v) is 4.95. The molecule has 0 spiro atoms. The molecule has 0 bridgehead atoms. The van der Waals surface area contributed by atoms with Crippen LogP contribution in [-0.2, 0) is 14.5 Å². The van der Waals surface area contributed by atoms with Gasteiger partial charge in [0, 0.05) is 12.1 Å². The number of rotatable bonds is 8. The van der Waals surface area contributed by atoms with Crippen LogP contribution in [0.15, 0.2) is 53.6 Å². The lowest BCUT2D eigenvalue weighted by molar-refractivity contribution is -0.143. The molecule has 1 aliphatic rings. The van der Waals surface area contributed by atoms with E-state index < -0.39 is 28.5 Å². The number of hydroxylamine groups is 2. The van der Waals surface area contributed by atoms with Crippen LogP contribution in [0, 0.1) is 17.0 Å². The second kappa shape index (κ2) is 10.3. The molecule has 2 aromatic rings. The van der Waals surface area contributed by atoms with E-state index in [4.69, 9.17) is 16.0 Å². The Bertz CT molecular complexity index is 1050. The summed E-state index contributed by atoms with van der Waals surface area (Å²) in [6.07, 6.45) is -0.688. The van der Waals surface area contributed by atoms with Crippen molar-refractivity contribution < 1.29 is 23.5 Å². The van der Waals surface area contributed by atoms with E-state index in [0.717, 1.165) is 35.0 Å². The zero-order chi connectivity index (χ0) is 24.2. The molecule has 4 N–H and O–H groups in total. The third-order valence-electron chi connectivity index (χ3n) is 5.11. The Hall–Kier alpha value is -3.02. The molecular formula is C22H25F2N5O3S. The van der Waals surface area contributed by atoms with E-state index in [1.165, 1.54) is 19.1 Å². The molecule has 2 aromatic carbocycles. The Morgan fingerprint density at radius 1 is 1.33 bits per heavy atom. The van der Waals surface area contributed by atoms with Gasteiger partial charge in [0.05, 0.1) is 7.11 Å². The molecule has 2 atom stereocenters. The van der Waals surface area contributed by atoms with Gasteiger partial charge in [-0.2, -0.15) is 5.10 Å². The number of benzene rings is 2. The molecule has 0 aromatic heterocycles. The predicted molar refractivity (Wildman–Crippen MR) is 122 cm³/mol. The van der Waals surface area contributed by atoms with Crippen LogP contribution in [-0.4, -0.2) is 51.8 Å². The number of guanidine groups is 1. The Morgan fingerprint density at radius 3 is 2.64 bits per heavy atom. The third-order valence-corrected chi connectivity index (χ3v) is 6.56. The quantitative estimate of drug-likeness (QED) is 0.306. The van der Waals surface area contributed by atoms with E-state index in [0.29, 0.717) is 12.0 Å². The fraction of sp³-hybridized carbons (Fsp3) is 0.318. The number of nitrogens with zero attached hydrogens (tertiary/aromatic N) is 3. The van der Waals surface area contributed by atoms with Gasteiger partial charge >= 0.3 is 0 Å². The molecule has 176 valence electrons. The Morgan fingerprint density at radius 2 is 2.03 bits per heavy atom. The van der Waals surface area contributed by atoms with E-state index in [-0.39, 0.29) is 29.5 Å². The SMILES string of the molecule is CON(CCCC1(c2ccccc2)SC(c2cc(F)ccc2F)=NN1C(=O)C(C)O)C(=N)N. The number of nitrogens with one attached hydrogen (secondary N) is 1. The van der Waals surface area contributed by atoms with Crippen LogP contribution in [0.2, 0.25) is 0 Å². The van der Waals surface area contributed by atoms with Crippen LogP contribution in [0.25, 0.3) is 0 Å². The molecule has 8 nitrogen and oxygen atoms in total. The molecule has 0 saturated heterocycles. The van der Waals surface area contributed by atoms with Gasteiger partial charge in [0.25, 0.3) is 5.91 Å². The molecule has 1 heterocycles. The van der Waals surface area contributed by atoms with Gasteiger partial charge in [-0.15, -0.1) is 0 Å². The number of hydrogen-bond acceptors (Lipinski definition) is 6. The number of aliphatic hydroxyl groups is 1. The van der Waals surface area contributed by atoms with Crippen LogP contribution in [0.4, 0.5) is 8.78 Å². The second-order valence-electron chi connectivity index (χ2n) is 7.38. The highest BCUT2D eigenvalue weighted by molar-refractivity contribution is 8.15. The van der Waals surface area contributed by atoms with E-state index in [9.17, 15) is 18.7 Å². The Balaban J connectivity index is 2.06. The molecule has 1 aliphatic heterocycles. The van der Waals surface area contributed by atoms with Crippen molar-refractivity contribution in [3.8, 4) is 0 Å². The summed E-state index contributed by atoms with van der Waals surface area (Å²) in [4.78, 5) is 17.0. The second-order valence-corrected chi connectivity index (χ2v) is 8.65. The summed E-state index contributed by atoms with van der Waals surface area (Å²) in [6, 6.07) is 12.0. The third kappa shape index (κ3) is 5.15. The van der Waals surface area contributed by atoms with Crippen molar-refractivity contribution in [1.82, 2.24) is 10.1 Å². The summed E-state index contributed by atoms with van der Waals surface area (Å²) in [5.41, 5.74) is 6.12. The number of thioether (sulfide) groups is 1. The molecule has 2 unspecified atom stereocenters. The minimum absolute atomic E-state index is 0.0801. The molecule has 0 fully saturated rings. The first-order valence-electron chi connectivity index (χ1n) is 10.2. The molecular weight excluding hydrogens is 452 g/mol. The average molecular weight is 478 g/mol. The highest BCUT2D eigenvalue weighted by Gasteiger charge is 2.49. The molecule has 0 radical (unpaired) electrons. The van der Waals surface area contributed by atoms with E-state index in [2.05, 4.69) is 5.10 Å². The van der Waals surface area contributed by atoms with Crippen LogP contribution in [0.3, 0.4) is 0 Å². The Kier molecular flexibility index (Phi) is 7.67. The zero-order valence-electron chi connectivity index (χ0n) is 18.2. The van der Waals surface area contributed by atoms with Crippen LogP contribution < -0.4 is 5.73 Å². The van der Waals surface area contributed by atoms with E-state index in [1.54, 1.807) is 24.3 Å². The lowest BCUT2D eigenvalue weighted by Gasteiger charge is -2.37. The summed E-state index contributed by atoms with van der Waals surface area (Å²) < 4.78 is 28.5. The standard InChI is InChI=1S/C22H25F2N5O3S/c1-14(30)20(31)29-22(15-7-4-3-5-8-15,11-6-12-28(32-2)21(25)26)33-19(27-29)17-13-16(23)9-10-18(17)24/h3-5,7-10,13-14,30H,6,11-12H2,1-2H3,(H3,25,26). The topological polar surface area (TPSA) is 115 Å². The summed E-state index contributed by atoms with van der Waals surface area (Å²) in [7, 11) is 1.38. The van der Waals surface area contributed by atoms with Gasteiger partial charge in [-0.1, -0.05) is 42.1 Å². The van der Waals surface area contributed by atoms with Gasteiger partial charge in [-0.3, -0.25) is 15.0 Å². The molecule has 1 amide bonds. The highest BCUT2D eigenvalue weighted by Crippen LogP contribution is 2.50. The number of carbonyl (C=O) groups is 1. The van der Waals surface area contributed by atoms with Crippen molar-refractivity contribution in [3.05, 3.63) is 71.3 Å². The number of aliphatic hydroxyl groups excluding tert-OH is 1. The summed E-state index contributed by atoms with van der Waals surface area (Å²) in [6.45, 7) is 1.56. The van der Waals surface area contributed by atoms with Crippen LogP contribution in [0.5, 0.6) is 0 Å². The normalized spacial score (nSPS) is 18.7. The van der Waals surface area contributed by atoms with Crippen molar-refractivity contribution >= 4 is 28.7 Å². The van der Waals surface area contributed by atoms with E-state index >= 15 is 0 Å². The average Bonchev–Trinajstić information content (AvgIpc) is 3.18. The minimum atomic E-state index is -1.37. The number of carbonyl (C=O) groups excluding carboxylic acids is 1. The van der Waals surface area contributed by atoms with Crippen molar-refractivity contribution in [2.24, 2.45) is 10.8 Å². The molecule has 0 saturated carbocycles. The largest absolute Gasteiger partial charge is 0.383 e. The van der Waals surface area contributed by atoms with Crippen molar-refractivity contribution in [2.75, 3.05) is 13.7 Å².